The van der Waals surface area contributed by atoms with Crippen molar-refractivity contribution in [1.82, 2.24) is 10.3 Å². The van der Waals surface area contributed by atoms with E-state index in [1.807, 2.05) is 5.32 Å². The lowest BCUT2D eigenvalue weighted by molar-refractivity contribution is -0.137. The lowest BCUT2D eigenvalue weighted by atomic mass is 9.92. The number of amides is 2. The Hall–Kier alpha value is -3.49. The lowest BCUT2D eigenvalue weighted by Gasteiger charge is -2.13. The molecular formula is C19H9F5N2O2. The third-order valence-corrected chi connectivity index (χ3v) is 4.40. The number of aromatic amines is 1. The Morgan fingerprint density at radius 3 is 2.07 bits per heavy atom. The molecule has 0 saturated heterocycles. The Morgan fingerprint density at radius 1 is 0.786 bits per heavy atom. The number of benzene rings is 2. The molecule has 2 heterocycles. The van der Waals surface area contributed by atoms with Gasteiger partial charge in [0.15, 0.2) is 0 Å². The average Bonchev–Trinajstić information content (AvgIpc) is 3.12. The quantitative estimate of drug-likeness (QED) is 0.511. The summed E-state index contributed by atoms with van der Waals surface area (Å²) in [6.07, 6.45) is -3.60. The number of hydrogen-bond donors (Lipinski definition) is 2. The van der Waals surface area contributed by atoms with Crippen LogP contribution in [0.3, 0.4) is 0 Å². The zero-order valence-electron chi connectivity index (χ0n) is 13.7. The molecule has 0 unspecified atom stereocenters. The van der Waals surface area contributed by atoms with E-state index in [1.165, 1.54) is 12.3 Å². The summed E-state index contributed by atoms with van der Waals surface area (Å²) >= 11 is 0. The standard InChI is InChI=1S/C19H9F5N2O2/c20-8-2-4-13(19(22,23)24)11(5-8)15-16(18(28)26-17(15)27)12-7-25-14-6-9(21)1-3-10(12)14/h1-7,25H,(H,26,27,28). The summed E-state index contributed by atoms with van der Waals surface area (Å²) in [5.41, 5.74) is -2.56. The van der Waals surface area contributed by atoms with Gasteiger partial charge in [0.2, 0.25) is 0 Å². The van der Waals surface area contributed by atoms with E-state index < -0.39 is 46.3 Å². The minimum Gasteiger partial charge on any atom is -0.360 e. The first kappa shape index (κ1) is 17.9. The molecule has 0 atom stereocenters. The molecule has 0 bridgehead atoms. The maximum atomic E-state index is 13.7. The highest BCUT2D eigenvalue weighted by atomic mass is 19.4. The maximum absolute atomic E-state index is 13.7. The fourth-order valence-electron chi connectivity index (χ4n) is 3.24. The van der Waals surface area contributed by atoms with Crippen LogP contribution in [0.15, 0.2) is 42.6 Å². The minimum atomic E-state index is -4.88. The molecule has 4 rings (SSSR count). The summed E-state index contributed by atoms with van der Waals surface area (Å²) in [6.45, 7) is 0. The van der Waals surface area contributed by atoms with Crippen LogP contribution < -0.4 is 5.32 Å². The summed E-state index contributed by atoms with van der Waals surface area (Å²) in [4.78, 5) is 27.4. The molecule has 2 N–H and O–H groups in total. The first-order valence-corrected chi connectivity index (χ1v) is 7.91. The maximum Gasteiger partial charge on any atom is 0.417 e. The van der Waals surface area contributed by atoms with E-state index in [0.29, 0.717) is 23.6 Å². The molecule has 9 heteroatoms. The van der Waals surface area contributed by atoms with Gasteiger partial charge >= 0.3 is 6.18 Å². The number of alkyl halides is 3. The van der Waals surface area contributed by atoms with E-state index in [-0.39, 0.29) is 16.7 Å². The molecule has 0 aliphatic carbocycles. The van der Waals surface area contributed by atoms with E-state index in [1.54, 1.807) is 0 Å². The zero-order valence-corrected chi connectivity index (χ0v) is 13.7. The molecular weight excluding hydrogens is 383 g/mol. The van der Waals surface area contributed by atoms with Crippen LogP contribution in [-0.4, -0.2) is 16.8 Å². The lowest BCUT2D eigenvalue weighted by Crippen LogP contribution is -2.23. The molecule has 4 nitrogen and oxygen atoms in total. The van der Waals surface area contributed by atoms with Crippen LogP contribution in [0, 0.1) is 11.6 Å². The Balaban J connectivity index is 2.06. The third kappa shape index (κ3) is 2.75. The molecule has 0 spiro atoms. The number of imide groups is 1. The molecule has 28 heavy (non-hydrogen) atoms. The summed E-state index contributed by atoms with van der Waals surface area (Å²) in [6, 6.07) is 5.26. The third-order valence-electron chi connectivity index (χ3n) is 4.40. The van der Waals surface area contributed by atoms with Gasteiger partial charge in [0.05, 0.1) is 16.7 Å². The first-order chi connectivity index (χ1) is 13.2. The molecule has 1 aliphatic rings. The van der Waals surface area contributed by atoms with Crippen molar-refractivity contribution in [2.24, 2.45) is 0 Å². The second kappa shape index (κ2) is 6.01. The number of fused-ring (bicyclic) bond motifs is 1. The summed E-state index contributed by atoms with van der Waals surface area (Å²) in [5.74, 6) is -3.57. The van der Waals surface area contributed by atoms with Gasteiger partial charge in [-0.2, -0.15) is 13.2 Å². The SMILES string of the molecule is O=C1NC(=O)C(c2c[nH]c3cc(F)ccc23)=C1c1cc(F)ccc1C(F)(F)F. The molecule has 0 saturated carbocycles. The number of carbonyl (C=O) groups is 2. The van der Waals surface area contributed by atoms with Gasteiger partial charge in [-0.05, 0) is 36.4 Å². The largest absolute Gasteiger partial charge is 0.417 e. The van der Waals surface area contributed by atoms with Crippen LogP contribution in [-0.2, 0) is 15.8 Å². The first-order valence-electron chi connectivity index (χ1n) is 7.91. The number of carbonyl (C=O) groups excluding carboxylic acids is 2. The number of halogens is 5. The van der Waals surface area contributed by atoms with Gasteiger partial charge in [0, 0.05) is 28.2 Å². The highest BCUT2D eigenvalue weighted by Crippen LogP contribution is 2.41. The number of rotatable bonds is 2. The van der Waals surface area contributed by atoms with Crippen molar-refractivity contribution in [3.05, 3.63) is 70.9 Å². The van der Waals surface area contributed by atoms with E-state index in [2.05, 4.69) is 4.98 Å². The minimum absolute atomic E-state index is 0.103. The molecule has 2 aromatic carbocycles. The molecule has 1 aromatic heterocycles. The van der Waals surface area contributed by atoms with Crippen molar-refractivity contribution >= 4 is 33.9 Å². The molecule has 1 aliphatic heterocycles. The number of H-pyrrole nitrogens is 1. The Kier molecular flexibility index (Phi) is 3.84. The van der Waals surface area contributed by atoms with Crippen LogP contribution >= 0.6 is 0 Å². The van der Waals surface area contributed by atoms with Crippen molar-refractivity contribution in [1.29, 1.82) is 0 Å². The molecule has 3 aromatic rings. The predicted molar refractivity (Wildman–Crippen MR) is 89.6 cm³/mol. The van der Waals surface area contributed by atoms with E-state index in [0.717, 1.165) is 12.1 Å². The topological polar surface area (TPSA) is 62.0 Å². The number of aromatic nitrogens is 1. The van der Waals surface area contributed by atoms with E-state index >= 15 is 0 Å². The van der Waals surface area contributed by atoms with E-state index in [4.69, 9.17) is 0 Å². The molecule has 142 valence electrons. The van der Waals surface area contributed by atoms with E-state index in [9.17, 15) is 31.5 Å². The smallest absolute Gasteiger partial charge is 0.360 e. The second-order valence-electron chi connectivity index (χ2n) is 6.11. The fourth-order valence-corrected chi connectivity index (χ4v) is 3.24. The van der Waals surface area contributed by atoms with Gasteiger partial charge < -0.3 is 4.98 Å². The second-order valence-corrected chi connectivity index (χ2v) is 6.11. The van der Waals surface area contributed by atoms with Crippen molar-refractivity contribution in [2.75, 3.05) is 0 Å². The summed E-state index contributed by atoms with van der Waals surface area (Å²) < 4.78 is 67.4. The van der Waals surface area contributed by atoms with Crippen LogP contribution in [0.5, 0.6) is 0 Å². The Bertz CT molecular complexity index is 1190. The number of hydrogen-bond acceptors (Lipinski definition) is 2. The van der Waals surface area contributed by atoms with Crippen molar-refractivity contribution in [3.63, 3.8) is 0 Å². The average molecular weight is 392 g/mol. The van der Waals surface area contributed by atoms with Gasteiger partial charge in [-0.25, -0.2) is 8.78 Å². The fraction of sp³-hybridized carbons (Fsp3) is 0.0526. The van der Waals surface area contributed by atoms with Crippen LogP contribution in [0.1, 0.15) is 16.7 Å². The Labute approximate surface area is 153 Å². The van der Waals surface area contributed by atoms with Crippen LogP contribution in [0.4, 0.5) is 22.0 Å². The monoisotopic (exact) mass is 392 g/mol. The van der Waals surface area contributed by atoms with Crippen LogP contribution in [0.2, 0.25) is 0 Å². The van der Waals surface area contributed by atoms with Gasteiger partial charge in [0.25, 0.3) is 11.8 Å². The zero-order chi connectivity index (χ0) is 20.2. The van der Waals surface area contributed by atoms with Gasteiger partial charge in [0.1, 0.15) is 11.6 Å². The van der Waals surface area contributed by atoms with Gasteiger partial charge in [-0.15, -0.1) is 0 Å². The summed E-state index contributed by atoms with van der Waals surface area (Å²) in [5, 5.41) is 2.27. The normalized spacial score (nSPS) is 14.9. The number of nitrogens with one attached hydrogen (secondary N) is 2. The Morgan fingerprint density at radius 2 is 1.39 bits per heavy atom. The predicted octanol–water partition coefficient (Wildman–Crippen LogP) is 4.03. The van der Waals surface area contributed by atoms with Gasteiger partial charge in [-0.1, -0.05) is 0 Å². The highest BCUT2D eigenvalue weighted by Gasteiger charge is 2.40. The van der Waals surface area contributed by atoms with Gasteiger partial charge in [-0.3, -0.25) is 14.9 Å². The summed E-state index contributed by atoms with van der Waals surface area (Å²) in [7, 11) is 0. The van der Waals surface area contributed by atoms with Crippen molar-refractivity contribution in [3.8, 4) is 0 Å². The molecule has 2 amide bonds. The highest BCUT2D eigenvalue weighted by molar-refractivity contribution is 6.50. The van der Waals surface area contributed by atoms with Crippen LogP contribution in [0.25, 0.3) is 22.0 Å². The molecule has 0 radical (unpaired) electrons. The van der Waals surface area contributed by atoms with Crippen molar-refractivity contribution in [2.45, 2.75) is 6.18 Å². The van der Waals surface area contributed by atoms with Crippen molar-refractivity contribution < 1.29 is 31.5 Å². The molecule has 0 fully saturated rings.